The summed E-state index contributed by atoms with van der Waals surface area (Å²) in [4.78, 5) is 71.9. The molecule has 2 atom stereocenters. The number of benzene rings is 6. The molecular weight excluding hydrogens is 2150 g/mol. The summed E-state index contributed by atoms with van der Waals surface area (Å²) in [7, 11) is 0. The van der Waals surface area contributed by atoms with Crippen LogP contribution in [0.15, 0.2) is 344 Å². The zero-order valence-corrected chi connectivity index (χ0v) is 91.2. The van der Waals surface area contributed by atoms with Gasteiger partial charge in [0.1, 0.15) is 10.1 Å². The Hall–Kier alpha value is -13.6. The third-order valence-corrected chi connectivity index (χ3v) is 22.0. The molecule has 6 aromatic carbocycles. The minimum Gasteiger partial charge on any atom is -1.00 e. The molecule has 0 unspecified atom stereocenters. The summed E-state index contributed by atoms with van der Waals surface area (Å²) in [6, 6.07) is 93.0. The molecule has 13 aromatic heterocycles. The summed E-state index contributed by atoms with van der Waals surface area (Å²) in [5, 5.41) is 48.4. The van der Waals surface area contributed by atoms with Gasteiger partial charge in [0.25, 0.3) is 0 Å². The first-order chi connectivity index (χ1) is 69.9. The van der Waals surface area contributed by atoms with Crippen molar-refractivity contribution >= 4 is 152 Å². The van der Waals surface area contributed by atoms with Gasteiger partial charge < -0.3 is 58.5 Å². The summed E-state index contributed by atoms with van der Waals surface area (Å²) in [6.07, 6.45) is 19.2. The number of halogens is 6. The standard InChI is InChI=1S/C24H29N7O.C20H19ClN6.C17H13ClN6.C12H12N2.C12H8N2.C7H4BrN.C6H7N.C5H4BrN.C4H11NO.C3H7I.CH4.Al.FH.Li.H2.H/c1-4-19(14-32)28-24-29-22(21-23(30-24)31(15-27-21)16(2)3)26-13-17-8-10-18(11-9-17)20-7-5-6-12-25-20;1-13(2)27-12-24-17-18(25-20(21)26-19(17)27)23-11-14-6-8-15(9-7-14)16-5-3-4-10-22-16;18-17-23-15(14-16(24-17)22-10-21-14)20-9-11-4-6-12(7-5-11)13-3-1-2-8-19-13;2*13-9-10-4-6-11(7-5-10)12-3-1-2-8-14-12;8-7-3-1-6(5-9)2-4-7;1-6-4-2-3-5-7-6;6-5-3-1-2-4-7-5;1-2-4(5)3-6;1-3(2)4;;;;;;/h5-12,15-16,19,32H,4,13-14H2,1-3H3,(H2,26,28,29,30);3-10,12-13H,11H2,1-2H3,(H,23,25,26);1-8,10H,9H2,(H2,20,21,22,23,24);1-8H,9,13H2;1-8H;1-4H;2-5H,1H3;1-4H;4,6H,2-3,5H2,1H3;3H,1-2H3;1H4;;1H;;1H;/q;;;;;;;;;;;;;+1;;-1/t19-;;;;;;;;4-;;;;;;;/m1.......1......./s1/i;;;;;;;;;;;;;;1+2;. The number of aromatic amines is 1. The van der Waals surface area contributed by atoms with Crippen molar-refractivity contribution in [1.82, 2.24) is 93.9 Å². The Labute approximate surface area is 930 Å². The van der Waals surface area contributed by atoms with E-state index in [9.17, 15) is 5.11 Å². The summed E-state index contributed by atoms with van der Waals surface area (Å²) in [5.74, 6) is 2.42. The molecule has 19 rings (SSSR count). The van der Waals surface area contributed by atoms with E-state index in [1.807, 2.05) is 212 Å². The van der Waals surface area contributed by atoms with E-state index < -0.39 is 0 Å². The molecule has 0 spiro atoms. The van der Waals surface area contributed by atoms with E-state index in [0.29, 0.717) is 66.4 Å². The van der Waals surface area contributed by atoms with Gasteiger partial charge in [-0.15, -0.1) is 0 Å². The third-order valence-electron chi connectivity index (χ3n) is 20.7. The van der Waals surface area contributed by atoms with Gasteiger partial charge >= 0.3 is 18.9 Å². The monoisotopic (exact) mass is 2270 g/mol. The second-order valence-corrected chi connectivity index (χ2v) is 37.3. The summed E-state index contributed by atoms with van der Waals surface area (Å²) in [5.41, 5.74) is 32.1. The van der Waals surface area contributed by atoms with Crippen molar-refractivity contribution in [3.05, 3.63) is 394 Å². The van der Waals surface area contributed by atoms with Crippen LogP contribution in [-0.4, -0.2) is 151 Å². The molecule has 0 saturated heterocycles. The molecule has 37 heteroatoms. The van der Waals surface area contributed by atoms with E-state index in [1.54, 1.807) is 86.6 Å². The third kappa shape index (κ3) is 41.2. The molecule has 19 aromatic rings. The van der Waals surface area contributed by atoms with E-state index in [2.05, 4.69) is 281 Å². The Morgan fingerprint density at radius 2 is 0.797 bits per heavy atom. The van der Waals surface area contributed by atoms with Crippen LogP contribution >= 0.6 is 77.7 Å². The number of imidazole rings is 3. The number of anilines is 4. The van der Waals surface area contributed by atoms with Crippen molar-refractivity contribution in [2.75, 3.05) is 34.5 Å². The van der Waals surface area contributed by atoms with E-state index in [0.717, 1.165) is 138 Å². The van der Waals surface area contributed by atoms with Gasteiger partial charge in [-0.25, -0.2) is 19.9 Å². The van der Waals surface area contributed by atoms with Gasteiger partial charge in [0, 0.05) is 148 Å². The maximum atomic E-state index is 9.57. The van der Waals surface area contributed by atoms with Crippen LogP contribution in [0.1, 0.15) is 130 Å². The van der Waals surface area contributed by atoms with Crippen molar-refractivity contribution in [3.63, 3.8) is 0 Å². The zero-order valence-electron chi connectivity index (χ0n) is 84.2. The van der Waals surface area contributed by atoms with E-state index in [1.165, 1.54) is 0 Å². The number of rotatable bonds is 23. The second-order valence-electron chi connectivity index (χ2n) is 32.4. The number of fused-ring (bicyclic) bond motifs is 3. The van der Waals surface area contributed by atoms with Crippen molar-refractivity contribution < 1.29 is 36.6 Å². The predicted octanol–water partition coefficient (Wildman–Crippen LogP) is 22.4. The van der Waals surface area contributed by atoms with Crippen molar-refractivity contribution in [3.8, 4) is 68.4 Å². The molecule has 759 valence electrons. The quantitative estimate of drug-likeness (QED) is 0.00944. The number of nitrogens with one attached hydrogen (secondary N) is 5. The fraction of sp³-hybridized carbons (Fsp3) is 0.207. The Balaban J connectivity index is 0.000000365. The number of nitrogens with two attached hydrogens (primary N) is 2. The number of aliphatic hydroxyl groups is 2. The Kier molecular flexibility index (Phi) is 55.9. The number of aryl methyl sites for hydroxylation is 1. The van der Waals surface area contributed by atoms with Crippen LogP contribution < -0.4 is 51.6 Å². The van der Waals surface area contributed by atoms with Gasteiger partial charge in [-0.3, -0.25) is 34.6 Å². The van der Waals surface area contributed by atoms with Gasteiger partial charge in [-0.05, 0) is 230 Å². The molecule has 0 aliphatic rings. The number of hydrogen-bond acceptors (Lipinski definition) is 26. The first kappa shape index (κ1) is 123. The summed E-state index contributed by atoms with van der Waals surface area (Å²) < 4.78 is 6.69. The molecule has 0 amide bonds. The molecule has 0 bridgehead atoms. The van der Waals surface area contributed by atoms with Crippen LogP contribution in [0.25, 0.3) is 89.8 Å². The Morgan fingerprint density at radius 3 is 1.11 bits per heavy atom. The molecule has 29 nitrogen and oxygen atoms in total. The number of hydrogen-bond donors (Lipinski definition) is 9. The van der Waals surface area contributed by atoms with Crippen molar-refractivity contribution in [2.45, 2.75) is 137 Å². The number of nitriles is 2. The molecule has 0 aliphatic heterocycles. The molecule has 3 radical (unpaired) electrons. The number of aliphatic hydroxyl groups excluding tert-OH is 2. The van der Waals surface area contributed by atoms with Gasteiger partial charge in [0.05, 0.1) is 90.0 Å². The summed E-state index contributed by atoms with van der Waals surface area (Å²) >= 11 is 20.9. The van der Waals surface area contributed by atoms with Crippen LogP contribution in [-0.2, 0) is 26.2 Å². The average Bonchev–Trinajstić information content (AvgIpc) is 1.64. The molecule has 0 aliphatic carbocycles. The number of nitrogens with zero attached hydrogens (tertiary/aromatic N) is 20. The smallest absolute Gasteiger partial charge is 1.00 e. The first-order valence-corrected chi connectivity index (χ1v) is 49.9. The average molecular weight is 2280 g/mol. The minimum absolute atomic E-state index is 0. The molecular formula is C111H122AlBr2Cl2FILiN27O2. The topological polar surface area (TPSA) is 420 Å². The largest absolute Gasteiger partial charge is 1.00 e. The number of pyridine rings is 7. The SMILES string of the molecule is Brc1ccccn1.C.CC(C)I.CC(C)n1cnc2c(NCc3ccc(-c4ccccn4)cc3)nc(Cl)nc21.CC[C@@H](N)CO.CC[C@H](CO)Nc1nc(NCc2ccc(-c3ccccn3)cc2)c2ncn(C(C)C)c2n1.Cc1ccccn1.Clc1nc(NCc2ccc(-c3ccccn3)cc2)c2[nH]cnc2n1.F.N#Cc1ccc(-c2ccccn2)cc1.N#Cc1ccc(Br)cc1.NCc1ccc(-c2ccccn2)cc1.[3HH].[Al].[H-].[Li+]. The maximum Gasteiger partial charge on any atom is 1.00 e. The summed E-state index contributed by atoms with van der Waals surface area (Å²) in [6.45, 7) is 21.1. The van der Waals surface area contributed by atoms with E-state index >= 15 is 0 Å². The van der Waals surface area contributed by atoms with Crippen LogP contribution in [0.3, 0.4) is 0 Å². The van der Waals surface area contributed by atoms with E-state index in [-0.39, 0.29) is 99.2 Å². The second kappa shape index (κ2) is 67.3. The van der Waals surface area contributed by atoms with E-state index in [4.69, 9.17) is 50.3 Å². The Morgan fingerprint density at radius 1 is 0.446 bits per heavy atom. The Bertz CT molecular complexity index is 7020. The zero-order chi connectivity index (χ0) is 103. The van der Waals surface area contributed by atoms with Crippen LogP contribution in [0.2, 0.25) is 10.6 Å². The fourth-order valence-corrected chi connectivity index (χ4v) is 13.7. The molecule has 13 heterocycles. The van der Waals surface area contributed by atoms with Gasteiger partial charge in [0.15, 0.2) is 45.4 Å². The maximum absolute atomic E-state index is 9.57. The van der Waals surface area contributed by atoms with Crippen LogP contribution in [0.5, 0.6) is 0 Å². The normalized spacial score (nSPS) is 10.5. The van der Waals surface area contributed by atoms with Crippen LogP contribution in [0, 0.1) is 29.6 Å². The van der Waals surface area contributed by atoms with Gasteiger partial charge in [-0.2, -0.15) is 40.4 Å². The van der Waals surface area contributed by atoms with Gasteiger partial charge in [-0.1, -0.05) is 225 Å². The van der Waals surface area contributed by atoms with Crippen LogP contribution in [0.4, 0.5) is 28.1 Å². The fourth-order valence-electron chi connectivity index (χ4n) is 12.8. The molecule has 0 fully saturated rings. The number of H-pyrrole nitrogens is 1. The minimum atomic E-state index is -0.102. The number of alkyl halides is 1. The molecule has 148 heavy (non-hydrogen) atoms. The van der Waals surface area contributed by atoms with Crippen molar-refractivity contribution in [2.24, 2.45) is 11.5 Å². The molecule has 11 N–H and O–H groups in total. The number of aromatic nitrogens is 19. The predicted molar refractivity (Wildman–Crippen MR) is 613 cm³/mol. The first-order valence-electron chi connectivity index (χ1n) is 46.3. The van der Waals surface area contributed by atoms with Crippen molar-refractivity contribution in [1.29, 1.82) is 10.5 Å². The van der Waals surface area contributed by atoms with Gasteiger partial charge in [0.2, 0.25) is 16.5 Å². The molecule has 0 saturated carbocycles.